The number of para-hydroxylation sites is 1. The van der Waals surface area contributed by atoms with E-state index in [1.807, 2.05) is 52.0 Å². The molecule has 2 aromatic carbocycles. The number of aryl methyl sites for hydroxylation is 1. The zero-order chi connectivity index (χ0) is 18.4. The second-order valence-electron chi connectivity index (χ2n) is 6.35. The maximum atomic E-state index is 12.7. The number of amides is 3. The van der Waals surface area contributed by atoms with Gasteiger partial charge in [-0.1, -0.05) is 36.4 Å². The van der Waals surface area contributed by atoms with Crippen molar-refractivity contribution in [1.29, 1.82) is 0 Å². The summed E-state index contributed by atoms with van der Waals surface area (Å²) in [7, 11) is 0. The van der Waals surface area contributed by atoms with E-state index in [0.29, 0.717) is 11.3 Å². The molecule has 0 bridgehead atoms. The van der Waals surface area contributed by atoms with Crippen LogP contribution in [-0.4, -0.2) is 18.0 Å². The highest BCUT2D eigenvalue weighted by molar-refractivity contribution is 6.03. The first-order valence-corrected chi connectivity index (χ1v) is 8.41. The average molecular weight is 339 g/mol. The molecule has 2 rings (SSSR count). The van der Waals surface area contributed by atoms with Gasteiger partial charge in [0.25, 0.3) is 5.91 Å². The van der Waals surface area contributed by atoms with Crippen LogP contribution in [-0.2, 0) is 0 Å². The standard InChI is InChI=1S/C20H25N3O2/c1-13(2)21-20(25)23-18-12-8-7-11-17(18)19(24)22-15(4)16-10-6-5-9-14(16)3/h5-13,15H,1-4H3,(H,22,24)(H2,21,23,25). The van der Waals surface area contributed by atoms with Crippen molar-refractivity contribution in [3.8, 4) is 0 Å². The molecule has 0 saturated carbocycles. The van der Waals surface area contributed by atoms with Crippen LogP contribution in [0, 0.1) is 6.92 Å². The molecule has 0 aliphatic heterocycles. The molecular formula is C20H25N3O2. The number of carbonyl (C=O) groups is 2. The Kier molecular flexibility index (Phi) is 6.17. The third-order valence-electron chi connectivity index (χ3n) is 3.84. The van der Waals surface area contributed by atoms with Crippen molar-refractivity contribution in [1.82, 2.24) is 10.6 Å². The first kappa shape index (κ1) is 18.5. The second-order valence-corrected chi connectivity index (χ2v) is 6.35. The van der Waals surface area contributed by atoms with Gasteiger partial charge in [-0.15, -0.1) is 0 Å². The van der Waals surface area contributed by atoms with E-state index in [1.165, 1.54) is 0 Å². The van der Waals surface area contributed by atoms with Gasteiger partial charge in [0, 0.05) is 6.04 Å². The fourth-order valence-electron chi connectivity index (χ4n) is 2.64. The van der Waals surface area contributed by atoms with Crippen LogP contribution in [0.25, 0.3) is 0 Å². The zero-order valence-electron chi connectivity index (χ0n) is 15.1. The molecule has 132 valence electrons. The number of anilines is 1. The maximum absolute atomic E-state index is 12.7. The summed E-state index contributed by atoms with van der Waals surface area (Å²) < 4.78 is 0. The van der Waals surface area contributed by atoms with Gasteiger partial charge in [0.05, 0.1) is 17.3 Å². The van der Waals surface area contributed by atoms with Crippen molar-refractivity contribution in [3.63, 3.8) is 0 Å². The topological polar surface area (TPSA) is 70.2 Å². The number of urea groups is 1. The van der Waals surface area contributed by atoms with Gasteiger partial charge in [0.2, 0.25) is 0 Å². The van der Waals surface area contributed by atoms with Crippen molar-refractivity contribution >= 4 is 17.6 Å². The molecular weight excluding hydrogens is 314 g/mol. The quantitative estimate of drug-likeness (QED) is 0.770. The molecule has 0 aromatic heterocycles. The Morgan fingerprint density at radius 1 is 0.880 bits per heavy atom. The summed E-state index contributed by atoms with van der Waals surface area (Å²) >= 11 is 0. The Morgan fingerprint density at radius 3 is 2.20 bits per heavy atom. The van der Waals surface area contributed by atoms with E-state index >= 15 is 0 Å². The molecule has 0 radical (unpaired) electrons. The normalized spacial score (nSPS) is 11.7. The Balaban J connectivity index is 2.14. The number of rotatable bonds is 5. The molecule has 5 heteroatoms. The van der Waals surface area contributed by atoms with Gasteiger partial charge >= 0.3 is 6.03 Å². The van der Waals surface area contributed by atoms with Crippen LogP contribution in [0.2, 0.25) is 0 Å². The lowest BCUT2D eigenvalue weighted by atomic mass is 10.0. The Morgan fingerprint density at radius 2 is 1.52 bits per heavy atom. The van der Waals surface area contributed by atoms with Crippen LogP contribution < -0.4 is 16.0 Å². The summed E-state index contributed by atoms with van der Waals surface area (Å²) in [5.74, 6) is -0.226. The average Bonchev–Trinajstić information content (AvgIpc) is 2.54. The van der Waals surface area contributed by atoms with Crippen molar-refractivity contribution in [2.24, 2.45) is 0 Å². The van der Waals surface area contributed by atoms with E-state index in [0.717, 1.165) is 11.1 Å². The molecule has 3 amide bonds. The summed E-state index contributed by atoms with van der Waals surface area (Å²) in [6.45, 7) is 7.72. The summed E-state index contributed by atoms with van der Waals surface area (Å²) in [5, 5.41) is 8.48. The van der Waals surface area contributed by atoms with Gasteiger partial charge in [-0.05, 0) is 51.0 Å². The second kappa shape index (κ2) is 8.33. The van der Waals surface area contributed by atoms with Crippen LogP contribution in [0.1, 0.15) is 48.3 Å². The molecule has 0 aliphatic carbocycles. The number of hydrogen-bond donors (Lipinski definition) is 3. The summed E-state index contributed by atoms with van der Waals surface area (Å²) in [5.41, 5.74) is 3.11. The minimum absolute atomic E-state index is 0.0158. The fourth-order valence-corrected chi connectivity index (χ4v) is 2.64. The number of benzene rings is 2. The van der Waals surface area contributed by atoms with Crippen molar-refractivity contribution in [2.75, 3.05) is 5.32 Å². The van der Waals surface area contributed by atoms with E-state index in [2.05, 4.69) is 16.0 Å². The van der Waals surface area contributed by atoms with Gasteiger partial charge in [0.15, 0.2) is 0 Å². The van der Waals surface area contributed by atoms with Gasteiger partial charge in [-0.3, -0.25) is 4.79 Å². The fraction of sp³-hybridized carbons (Fsp3) is 0.300. The molecule has 0 saturated heterocycles. The van der Waals surface area contributed by atoms with E-state index in [4.69, 9.17) is 0 Å². The Bertz CT molecular complexity index is 756. The van der Waals surface area contributed by atoms with Crippen LogP contribution in [0.15, 0.2) is 48.5 Å². The van der Waals surface area contributed by atoms with E-state index in [-0.39, 0.29) is 24.0 Å². The number of carbonyl (C=O) groups excluding carboxylic acids is 2. The van der Waals surface area contributed by atoms with Crippen molar-refractivity contribution in [3.05, 3.63) is 65.2 Å². The van der Waals surface area contributed by atoms with Crippen LogP contribution in [0.3, 0.4) is 0 Å². The lowest BCUT2D eigenvalue weighted by Gasteiger charge is -2.18. The van der Waals surface area contributed by atoms with Crippen LogP contribution in [0.5, 0.6) is 0 Å². The SMILES string of the molecule is Cc1ccccc1C(C)NC(=O)c1ccccc1NC(=O)NC(C)C. The highest BCUT2D eigenvalue weighted by Gasteiger charge is 2.16. The lowest BCUT2D eigenvalue weighted by Crippen LogP contribution is -2.35. The first-order valence-electron chi connectivity index (χ1n) is 8.41. The lowest BCUT2D eigenvalue weighted by molar-refractivity contribution is 0.0940. The van der Waals surface area contributed by atoms with Crippen LogP contribution in [0.4, 0.5) is 10.5 Å². The molecule has 2 aromatic rings. The molecule has 3 N–H and O–H groups in total. The van der Waals surface area contributed by atoms with Crippen LogP contribution >= 0.6 is 0 Å². The first-order chi connectivity index (χ1) is 11.9. The predicted octanol–water partition coefficient (Wildman–Crippen LogP) is 4.02. The minimum Gasteiger partial charge on any atom is -0.345 e. The third-order valence-corrected chi connectivity index (χ3v) is 3.84. The largest absolute Gasteiger partial charge is 0.345 e. The van der Waals surface area contributed by atoms with E-state index in [9.17, 15) is 9.59 Å². The van der Waals surface area contributed by atoms with Gasteiger partial charge < -0.3 is 16.0 Å². The number of nitrogens with one attached hydrogen (secondary N) is 3. The van der Waals surface area contributed by atoms with Gasteiger partial charge in [-0.25, -0.2) is 4.79 Å². The smallest absolute Gasteiger partial charge is 0.319 e. The van der Waals surface area contributed by atoms with Crippen molar-refractivity contribution < 1.29 is 9.59 Å². The molecule has 0 aliphatic rings. The van der Waals surface area contributed by atoms with E-state index in [1.54, 1.807) is 24.3 Å². The van der Waals surface area contributed by atoms with Crippen molar-refractivity contribution in [2.45, 2.75) is 39.8 Å². The summed E-state index contributed by atoms with van der Waals surface area (Å²) in [4.78, 5) is 24.6. The molecule has 25 heavy (non-hydrogen) atoms. The molecule has 0 heterocycles. The minimum atomic E-state index is -0.331. The Hall–Kier alpha value is -2.82. The molecule has 0 fully saturated rings. The van der Waals surface area contributed by atoms with Gasteiger partial charge in [0.1, 0.15) is 0 Å². The molecule has 1 unspecified atom stereocenters. The summed E-state index contributed by atoms with van der Waals surface area (Å²) in [6, 6.07) is 14.5. The predicted molar refractivity (Wildman–Crippen MR) is 101 cm³/mol. The maximum Gasteiger partial charge on any atom is 0.319 e. The molecule has 5 nitrogen and oxygen atoms in total. The molecule has 1 atom stereocenters. The van der Waals surface area contributed by atoms with Gasteiger partial charge in [-0.2, -0.15) is 0 Å². The van der Waals surface area contributed by atoms with E-state index < -0.39 is 0 Å². The summed E-state index contributed by atoms with van der Waals surface area (Å²) in [6.07, 6.45) is 0. The highest BCUT2D eigenvalue weighted by Crippen LogP contribution is 2.20. The third kappa shape index (κ3) is 5.08. The zero-order valence-corrected chi connectivity index (χ0v) is 15.1. The Labute approximate surface area is 148 Å². The molecule has 0 spiro atoms. The monoisotopic (exact) mass is 339 g/mol. The number of hydrogen-bond acceptors (Lipinski definition) is 2. The highest BCUT2D eigenvalue weighted by atomic mass is 16.2.